The molecule has 1 fully saturated rings. The number of methoxy groups -OCH3 is 1. The zero-order chi connectivity index (χ0) is 11.8. The summed E-state index contributed by atoms with van der Waals surface area (Å²) in [7, 11) is 1.53. The van der Waals surface area contributed by atoms with E-state index in [4.69, 9.17) is 10.5 Å². The van der Waals surface area contributed by atoms with E-state index in [1.807, 2.05) is 13.0 Å². The molecule has 0 spiro atoms. The highest BCUT2D eigenvalue weighted by atomic mass is 19.1. The topological polar surface area (TPSA) is 47.3 Å². The molecule has 0 radical (unpaired) electrons. The molecule has 0 aliphatic carbocycles. The molecule has 0 bridgehead atoms. The molecule has 1 aliphatic heterocycles. The molecule has 2 unspecified atom stereocenters. The summed E-state index contributed by atoms with van der Waals surface area (Å²) in [6.45, 7) is 3.51. The number of ether oxygens (including phenoxy) is 1. The first-order valence-electron chi connectivity index (χ1n) is 5.37. The van der Waals surface area contributed by atoms with Gasteiger partial charge in [0.2, 0.25) is 0 Å². The second kappa shape index (κ2) is 4.03. The summed E-state index contributed by atoms with van der Waals surface area (Å²) in [6.07, 6.45) is 0. The Morgan fingerprint density at radius 3 is 2.81 bits per heavy atom. The molecule has 4 heteroatoms. The van der Waals surface area contributed by atoms with Crippen molar-refractivity contribution in [3.8, 4) is 5.75 Å². The average molecular weight is 224 g/mol. The van der Waals surface area contributed by atoms with Gasteiger partial charge in [-0.05, 0) is 24.6 Å². The van der Waals surface area contributed by atoms with Gasteiger partial charge in [-0.15, -0.1) is 0 Å². The van der Waals surface area contributed by atoms with E-state index in [1.165, 1.54) is 19.2 Å². The number of halogens is 1. The Labute approximate surface area is 94.8 Å². The van der Waals surface area contributed by atoms with Crippen molar-refractivity contribution in [1.29, 1.82) is 0 Å². The highest BCUT2D eigenvalue weighted by Crippen LogP contribution is 2.32. The number of hydrogen-bond donors (Lipinski definition) is 2. The molecule has 3 N–H and O–H groups in total. The van der Waals surface area contributed by atoms with Crippen LogP contribution in [0, 0.1) is 5.82 Å². The molecule has 16 heavy (non-hydrogen) atoms. The highest BCUT2D eigenvalue weighted by Gasteiger charge is 2.36. The van der Waals surface area contributed by atoms with Crippen molar-refractivity contribution >= 4 is 0 Å². The molecule has 1 aromatic carbocycles. The average Bonchev–Trinajstić information content (AvgIpc) is 2.57. The van der Waals surface area contributed by atoms with Crippen molar-refractivity contribution in [2.75, 3.05) is 20.2 Å². The fourth-order valence-electron chi connectivity index (χ4n) is 2.24. The first-order chi connectivity index (χ1) is 7.53. The number of hydrogen-bond acceptors (Lipinski definition) is 3. The summed E-state index contributed by atoms with van der Waals surface area (Å²) >= 11 is 0. The minimum atomic E-state index is -0.335. The third kappa shape index (κ3) is 2.03. The lowest BCUT2D eigenvalue weighted by molar-refractivity contribution is 0.407. The normalized spacial score (nSPS) is 29.4. The van der Waals surface area contributed by atoms with Gasteiger partial charge in [0, 0.05) is 30.6 Å². The maximum absolute atomic E-state index is 13.4. The van der Waals surface area contributed by atoms with Crippen LogP contribution in [0.5, 0.6) is 5.75 Å². The number of benzene rings is 1. The van der Waals surface area contributed by atoms with E-state index < -0.39 is 0 Å². The Kier molecular flexibility index (Phi) is 2.86. The first kappa shape index (κ1) is 11.4. The molecular formula is C12H17FN2O. The van der Waals surface area contributed by atoms with Gasteiger partial charge in [0.25, 0.3) is 0 Å². The van der Waals surface area contributed by atoms with Gasteiger partial charge in [-0.25, -0.2) is 4.39 Å². The molecule has 3 nitrogen and oxygen atoms in total. The van der Waals surface area contributed by atoms with E-state index in [9.17, 15) is 4.39 Å². The maximum atomic E-state index is 13.4. The molecule has 2 rings (SSSR count). The molecule has 0 amide bonds. The van der Waals surface area contributed by atoms with Gasteiger partial charge in [0.15, 0.2) is 0 Å². The fourth-order valence-corrected chi connectivity index (χ4v) is 2.24. The van der Waals surface area contributed by atoms with Gasteiger partial charge in [0.1, 0.15) is 11.6 Å². The lowest BCUT2D eigenvalue weighted by Gasteiger charge is -2.26. The van der Waals surface area contributed by atoms with E-state index in [2.05, 4.69) is 5.32 Å². The van der Waals surface area contributed by atoms with Crippen LogP contribution in [0.3, 0.4) is 0 Å². The third-order valence-corrected chi connectivity index (χ3v) is 3.18. The van der Waals surface area contributed by atoms with E-state index in [1.54, 1.807) is 0 Å². The van der Waals surface area contributed by atoms with Crippen LogP contribution in [-0.2, 0) is 0 Å². The maximum Gasteiger partial charge on any atom is 0.127 e. The monoisotopic (exact) mass is 224 g/mol. The van der Waals surface area contributed by atoms with Gasteiger partial charge in [-0.1, -0.05) is 0 Å². The highest BCUT2D eigenvalue weighted by molar-refractivity contribution is 5.35. The van der Waals surface area contributed by atoms with Crippen molar-refractivity contribution in [3.05, 3.63) is 29.6 Å². The Morgan fingerprint density at radius 2 is 2.25 bits per heavy atom. The lowest BCUT2D eigenvalue weighted by atomic mass is 9.84. The van der Waals surface area contributed by atoms with E-state index in [-0.39, 0.29) is 17.3 Å². The van der Waals surface area contributed by atoms with Gasteiger partial charge >= 0.3 is 0 Å². The molecule has 1 heterocycles. The number of rotatable bonds is 2. The van der Waals surface area contributed by atoms with Gasteiger partial charge < -0.3 is 15.8 Å². The van der Waals surface area contributed by atoms with Crippen LogP contribution in [0.15, 0.2) is 18.2 Å². The standard InChI is InChI=1S/C12H17FN2O/c1-12(14)7-15-6-11(12)8-3-9(13)5-10(4-8)16-2/h3-5,11,15H,6-7,14H2,1-2H3. The van der Waals surface area contributed by atoms with Crippen LogP contribution in [0.1, 0.15) is 18.4 Å². The predicted molar refractivity (Wildman–Crippen MR) is 61.2 cm³/mol. The minimum absolute atomic E-state index is 0.122. The van der Waals surface area contributed by atoms with Gasteiger partial charge in [-0.3, -0.25) is 0 Å². The van der Waals surface area contributed by atoms with Crippen LogP contribution in [0.2, 0.25) is 0 Å². The summed E-state index contributed by atoms with van der Waals surface area (Å²) < 4.78 is 18.4. The van der Waals surface area contributed by atoms with Gasteiger partial charge in [-0.2, -0.15) is 0 Å². The Balaban J connectivity index is 2.36. The Hall–Kier alpha value is -1.13. The minimum Gasteiger partial charge on any atom is -0.497 e. The molecular weight excluding hydrogens is 207 g/mol. The smallest absolute Gasteiger partial charge is 0.127 e. The third-order valence-electron chi connectivity index (χ3n) is 3.18. The van der Waals surface area contributed by atoms with Crippen LogP contribution in [0.4, 0.5) is 4.39 Å². The molecule has 1 aliphatic rings. The summed E-state index contributed by atoms with van der Waals surface area (Å²) in [5.41, 5.74) is 6.73. The molecule has 0 aromatic heterocycles. The van der Waals surface area contributed by atoms with Crippen LogP contribution in [-0.4, -0.2) is 25.7 Å². The predicted octanol–water partition coefficient (Wildman–Crippen LogP) is 1.24. The number of nitrogens with two attached hydrogens (primary N) is 1. The summed E-state index contributed by atoms with van der Waals surface area (Å²) in [4.78, 5) is 0. The Bertz CT molecular complexity index is 393. The summed E-state index contributed by atoms with van der Waals surface area (Å²) in [5, 5.41) is 3.23. The van der Waals surface area contributed by atoms with Crippen molar-refractivity contribution in [2.24, 2.45) is 5.73 Å². The van der Waals surface area contributed by atoms with Crippen molar-refractivity contribution < 1.29 is 9.13 Å². The van der Waals surface area contributed by atoms with E-state index >= 15 is 0 Å². The van der Waals surface area contributed by atoms with Crippen molar-refractivity contribution in [2.45, 2.75) is 18.4 Å². The zero-order valence-electron chi connectivity index (χ0n) is 9.59. The fraction of sp³-hybridized carbons (Fsp3) is 0.500. The molecule has 88 valence electrons. The largest absolute Gasteiger partial charge is 0.497 e. The van der Waals surface area contributed by atoms with E-state index in [0.29, 0.717) is 5.75 Å². The van der Waals surface area contributed by atoms with Crippen molar-refractivity contribution in [3.63, 3.8) is 0 Å². The van der Waals surface area contributed by atoms with E-state index in [0.717, 1.165) is 18.7 Å². The lowest BCUT2D eigenvalue weighted by Crippen LogP contribution is -2.42. The van der Waals surface area contributed by atoms with Crippen molar-refractivity contribution in [1.82, 2.24) is 5.32 Å². The van der Waals surface area contributed by atoms with Crippen LogP contribution < -0.4 is 15.8 Å². The van der Waals surface area contributed by atoms with Crippen LogP contribution in [0.25, 0.3) is 0 Å². The summed E-state index contributed by atoms with van der Waals surface area (Å²) in [5.74, 6) is 0.381. The second-order valence-corrected chi connectivity index (χ2v) is 4.61. The Morgan fingerprint density at radius 1 is 1.50 bits per heavy atom. The molecule has 1 aromatic rings. The first-order valence-corrected chi connectivity index (χ1v) is 5.37. The zero-order valence-corrected chi connectivity index (χ0v) is 9.59. The van der Waals surface area contributed by atoms with Crippen LogP contribution >= 0.6 is 0 Å². The number of nitrogens with one attached hydrogen (secondary N) is 1. The van der Waals surface area contributed by atoms with Gasteiger partial charge in [0.05, 0.1) is 7.11 Å². The quantitative estimate of drug-likeness (QED) is 0.794. The summed E-state index contributed by atoms with van der Waals surface area (Å²) in [6, 6.07) is 4.76. The second-order valence-electron chi connectivity index (χ2n) is 4.61. The SMILES string of the molecule is COc1cc(F)cc(C2CNCC2(C)N)c1. The molecule has 0 saturated carbocycles. The molecule has 1 saturated heterocycles. The molecule has 2 atom stereocenters.